The molecular weight excluding hydrogens is 363 g/mol. The van der Waals surface area contributed by atoms with Crippen molar-refractivity contribution >= 4 is 33.9 Å². The third kappa shape index (κ3) is 2.73. The topological polar surface area (TPSA) is 45.5 Å². The molecule has 2 heterocycles. The van der Waals surface area contributed by atoms with Crippen molar-refractivity contribution in [3.05, 3.63) is 83.6 Å². The van der Waals surface area contributed by atoms with Crippen LogP contribution in [0.5, 0.6) is 0 Å². The first-order valence-electron chi connectivity index (χ1n) is 8.41. The standard InChI is InChI=1S/C21H12ClFN4/c22-14-7-11-16(12-8-14)27-20(13-5-9-15(23)10-6-13)26-19-21(27)25-18-4-2-1-3-17(18)24-19/h1-12H/p+1. The highest BCUT2D eigenvalue weighted by Crippen LogP contribution is 2.22. The third-order valence-electron chi connectivity index (χ3n) is 4.43. The molecule has 5 rings (SSSR count). The summed E-state index contributed by atoms with van der Waals surface area (Å²) in [5.74, 6) is 0.484. The normalized spacial score (nSPS) is 11.3. The fourth-order valence-corrected chi connectivity index (χ4v) is 3.28. The van der Waals surface area contributed by atoms with Crippen molar-refractivity contribution in [2.75, 3.05) is 0 Å². The maximum absolute atomic E-state index is 13.4. The molecule has 130 valence electrons. The molecule has 2 aromatic heterocycles. The van der Waals surface area contributed by atoms with Crippen LogP contribution in [0.2, 0.25) is 5.02 Å². The predicted octanol–water partition coefficient (Wildman–Crippen LogP) is 4.85. The zero-order valence-corrected chi connectivity index (χ0v) is 14.8. The first-order chi connectivity index (χ1) is 13.2. The maximum atomic E-state index is 13.4. The second kappa shape index (κ2) is 6.14. The number of hydrogen-bond donors (Lipinski definition) is 1. The van der Waals surface area contributed by atoms with E-state index in [1.54, 1.807) is 12.1 Å². The number of hydrogen-bond acceptors (Lipinski definition) is 2. The summed E-state index contributed by atoms with van der Waals surface area (Å²) in [5.41, 5.74) is 4.67. The minimum absolute atomic E-state index is 0.283. The fourth-order valence-electron chi connectivity index (χ4n) is 3.16. The van der Waals surface area contributed by atoms with Gasteiger partial charge in [-0.3, -0.25) is 4.98 Å². The molecular formula is C21H13ClFN4+. The maximum Gasteiger partial charge on any atom is 0.328 e. The van der Waals surface area contributed by atoms with Crippen LogP contribution < -0.4 is 4.57 Å². The molecule has 0 fully saturated rings. The number of nitrogens with one attached hydrogen (secondary N) is 1. The smallest absolute Gasteiger partial charge is 0.251 e. The number of nitrogens with zero attached hydrogens (tertiary/aromatic N) is 3. The summed E-state index contributed by atoms with van der Waals surface area (Å²) in [6.07, 6.45) is 0. The van der Waals surface area contributed by atoms with Crippen molar-refractivity contribution in [1.82, 2.24) is 15.0 Å². The lowest BCUT2D eigenvalue weighted by Crippen LogP contribution is -2.32. The highest BCUT2D eigenvalue weighted by Gasteiger charge is 2.24. The van der Waals surface area contributed by atoms with Crippen molar-refractivity contribution in [2.24, 2.45) is 0 Å². The lowest BCUT2D eigenvalue weighted by atomic mass is 10.2. The number of fused-ring (bicyclic) bond motifs is 2. The minimum atomic E-state index is -0.283. The lowest BCUT2D eigenvalue weighted by Gasteiger charge is -2.03. The monoisotopic (exact) mass is 375 g/mol. The van der Waals surface area contributed by atoms with E-state index in [1.165, 1.54) is 12.1 Å². The number of imidazole rings is 1. The van der Waals surface area contributed by atoms with Gasteiger partial charge in [-0.2, -0.15) is 4.57 Å². The number of rotatable bonds is 2. The molecule has 3 aromatic carbocycles. The third-order valence-corrected chi connectivity index (χ3v) is 4.68. The fraction of sp³-hybridized carbons (Fsp3) is 0. The Morgan fingerprint density at radius 3 is 2.19 bits per heavy atom. The number of para-hydroxylation sites is 2. The largest absolute Gasteiger partial charge is 0.328 e. The van der Waals surface area contributed by atoms with E-state index < -0.39 is 0 Å². The predicted molar refractivity (Wildman–Crippen MR) is 103 cm³/mol. The van der Waals surface area contributed by atoms with E-state index in [4.69, 9.17) is 21.6 Å². The van der Waals surface area contributed by atoms with E-state index in [0.29, 0.717) is 16.3 Å². The van der Waals surface area contributed by atoms with Crippen LogP contribution in [0.25, 0.3) is 39.4 Å². The quantitative estimate of drug-likeness (QED) is 0.448. The van der Waals surface area contributed by atoms with E-state index in [1.807, 2.05) is 53.1 Å². The van der Waals surface area contributed by atoms with E-state index in [-0.39, 0.29) is 5.82 Å². The van der Waals surface area contributed by atoms with Crippen molar-refractivity contribution < 1.29 is 8.96 Å². The molecule has 27 heavy (non-hydrogen) atoms. The Morgan fingerprint density at radius 2 is 1.48 bits per heavy atom. The van der Waals surface area contributed by atoms with Crippen LogP contribution in [-0.4, -0.2) is 15.0 Å². The van der Waals surface area contributed by atoms with Gasteiger partial charge in [0.15, 0.2) is 5.52 Å². The summed E-state index contributed by atoms with van der Waals surface area (Å²) in [4.78, 5) is 12.8. The van der Waals surface area contributed by atoms with E-state index in [0.717, 1.165) is 28.1 Å². The van der Waals surface area contributed by atoms with Crippen LogP contribution in [0.15, 0.2) is 72.8 Å². The van der Waals surface area contributed by atoms with Gasteiger partial charge in [-0.25, -0.2) is 9.37 Å². The second-order valence-corrected chi connectivity index (χ2v) is 6.61. The molecule has 0 spiro atoms. The average Bonchev–Trinajstić information content (AvgIpc) is 3.05. The summed E-state index contributed by atoms with van der Waals surface area (Å²) >= 11 is 6.06. The molecule has 5 aromatic rings. The molecule has 0 radical (unpaired) electrons. The van der Waals surface area contributed by atoms with Gasteiger partial charge in [-0.15, -0.1) is 0 Å². The summed E-state index contributed by atoms with van der Waals surface area (Å²) in [6, 6.07) is 21.5. The second-order valence-electron chi connectivity index (χ2n) is 6.18. The number of aromatic amines is 1. The van der Waals surface area contributed by atoms with Gasteiger partial charge in [-0.05, 0) is 60.7 Å². The molecule has 0 saturated heterocycles. The summed E-state index contributed by atoms with van der Waals surface area (Å²) in [7, 11) is 0. The Bertz CT molecular complexity index is 1280. The van der Waals surface area contributed by atoms with Gasteiger partial charge in [0.25, 0.3) is 5.65 Å². The highest BCUT2D eigenvalue weighted by atomic mass is 35.5. The zero-order chi connectivity index (χ0) is 18.4. The van der Waals surface area contributed by atoms with Crippen LogP contribution in [0.3, 0.4) is 0 Å². The summed E-state index contributed by atoms with van der Waals surface area (Å²) < 4.78 is 15.4. The highest BCUT2D eigenvalue weighted by molar-refractivity contribution is 6.30. The van der Waals surface area contributed by atoms with Crippen LogP contribution in [-0.2, 0) is 0 Å². The molecule has 0 atom stereocenters. The Hall–Kier alpha value is -3.31. The average molecular weight is 376 g/mol. The van der Waals surface area contributed by atoms with E-state index in [2.05, 4.69) is 4.98 Å². The molecule has 0 aliphatic carbocycles. The molecule has 0 amide bonds. The van der Waals surface area contributed by atoms with Crippen molar-refractivity contribution in [3.63, 3.8) is 0 Å². The zero-order valence-electron chi connectivity index (χ0n) is 14.0. The molecule has 4 nitrogen and oxygen atoms in total. The molecule has 0 bridgehead atoms. The number of H-pyrrole nitrogens is 1. The molecule has 6 heteroatoms. The van der Waals surface area contributed by atoms with E-state index in [9.17, 15) is 4.39 Å². The van der Waals surface area contributed by atoms with Crippen LogP contribution in [0.1, 0.15) is 0 Å². The van der Waals surface area contributed by atoms with Crippen LogP contribution >= 0.6 is 11.6 Å². The van der Waals surface area contributed by atoms with Crippen LogP contribution in [0.4, 0.5) is 4.39 Å². The number of aromatic nitrogens is 4. The number of benzene rings is 3. The van der Waals surface area contributed by atoms with Gasteiger partial charge >= 0.3 is 5.65 Å². The molecule has 0 aliphatic heterocycles. The van der Waals surface area contributed by atoms with E-state index >= 15 is 0 Å². The molecule has 0 saturated carbocycles. The summed E-state index contributed by atoms with van der Waals surface area (Å²) in [5, 5.41) is 0.652. The minimum Gasteiger partial charge on any atom is -0.251 e. The van der Waals surface area contributed by atoms with Gasteiger partial charge in [0.2, 0.25) is 5.82 Å². The Labute approximate surface area is 158 Å². The number of halogens is 2. The first-order valence-corrected chi connectivity index (χ1v) is 8.79. The SMILES string of the molecule is Fc1ccc(-c2[nH]c3nc4ccccc4nc3[n+]2-c2ccc(Cl)cc2)cc1. The van der Waals surface area contributed by atoms with Gasteiger partial charge in [-0.1, -0.05) is 28.7 Å². The van der Waals surface area contributed by atoms with Crippen molar-refractivity contribution in [1.29, 1.82) is 0 Å². The molecule has 0 unspecified atom stereocenters. The Kier molecular flexibility index (Phi) is 3.62. The summed E-state index contributed by atoms with van der Waals surface area (Å²) in [6.45, 7) is 0. The van der Waals surface area contributed by atoms with Gasteiger partial charge in [0.1, 0.15) is 17.0 Å². The lowest BCUT2D eigenvalue weighted by molar-refractivity contribution is -0.556. The van der Waals surface area contributed by atoms with Gasteiger partial charge in [0.05, 0.1) is 0 Å². The molecule has 1 N–H and O–H groups in total. The first kappa shape index (κ1) is 15.9. The van der Waals surface area contributed by atoms with Gasteiger partial charge in [0, 0.05) is 10.6 Å². The van der Waals surface area contributed by atoms with Gasteiger partial charge < -0.3 is 0 Å². The van der Waals surface area contributed by atoms with Crippen molar-refractivity contribution in [2.45, 2.75) is 0 Å². The molecule has 0 aliphatic rings. The Morgan fingerprint density at radius 1 is 0.815 bits per heavy atom. The van der Waals surface area contributed by atoms with Crippen LogP contribution in [0, 0.1) is 5.82 Å². The Balaban J connectivity index is 1.86. The van der Waals surface area contributed by atoms with Crippen molar-refractivity contribution in [3.8, 4) is 17.1 Å².